The highest BCUT2D eigenvalue weighted by Crippen LogP contribution is 2.28. The molecule has 5 heteroatoms. The molecule has 0 spiro atoms. The summed E-state index contributed by atoms with van der Waals surface area (Å²) >= 11 is 0. The summed E-state index contributed by atoms with van der Waals surface area (Å²) in [5, 5.41) is 11.8. The van der Waals surface area contributed by atoms with Crippen LogP contribution in [0.1, 0.15) is 30.3 Å². The summed E-state index contributed by atoms with van der Waals surface area (Å²) in [7, 11) is 1.69. The van der Waals surface area contributed by atoms with E-state index >= 15 is 0 Å². The highest BCUT2D eigenvalue weighted by Gasteiger charge is 2.23. The normalized spacial score (nSPS) is 18.7. The second kappa shape index (κ2) is 5.01. The van der Waals surface area contributed by atoms with Crippen LogP contribution >= 0.6 is 0 Å². The van der Waals surface area contributed by atoms with E-state index in [9.17, 15) is 0 Å². The number of ether oxygens (including phenoxy) is 1. The number of hydrogen-bond acceptors (Lipinski definition) is 4. The monoisotopic (exact) mass is 258 g/mol. The third-order valence-corrected chi connectivity index (χ3v) is 3.54. The average Bonchev–Trinajstić information content (AvgIpc) is 3.09. The minimum atomic E-state index is 0.285. The molecule has 0 bridgehead atoms. The van der Waals surface area contributed by atoms with E-state index in [1.807, 2.05) is 16.7 Å². The molecule has 1 aromatic carbocycles. The van der Waals surface area contributed by atoms with Crippen LogP contribution in [0.3, 0.4) is 0 Å². The number of aromatic nitrogens is 3. The average molecular weight is 258 g/mol. The molecule has 1 aliphatic heterocycles. The lowest BCUT2D eigenvalue weighted by atomic mass is 10.2. The van der Waals surface area contributed by atoms with Crippen LogP contribution in [0.2, 0.25) is 0 Å². The molecule has 1 N–H and O–H groups in total. The van der Waals surface area contributed by atoms with Crippen LogP contribution in [0.25, 0.3) is 5.69 Å². The number of nitrogens with one attached hydrogen (secondary N) is 1. The zero-order valence-electron chi connectivity index (χ0n) is 11.3. The minimum Gasteiger partial charge on any atom is -0.495 e. The van der Waals surface area contributed by atoms with E-state index in [1.54, 1.807) is 13.4 Å². The number of hydrogen-bond donors (Lipinski definition) is 1. The van der Waals surface area contributed by atoms with E-state index in [4.69, 9.17) is 4.74 Å². The summed E-state index contributed by atoms with van der Waals surface area (Å²) < 4.78 is 7.47. The van der Waals surface area contributed by atoms with Gasteiger partial charge in [0.1, 0.15) is 12.1 Å². The molecule has 2 heterocycles. The van der Waals surface area contributed by atoms with Crippen molar-refractivity contribution in [3.8, 4) is 11.4 Å². The van der Waals surface area contributed by atoms with Crippen molar-refractivity contribution in [1.82, 2.24) is 20.1 Å². The summed E-state index contributed by atoms with van der Waals surface area (Å²) in [6.07, 6.45) is 4.04. The van der Waals surface area contributed by atoms with Crippen LogP contribution in [-0.4, -0.2) is 28.4 Å². The molecule has 5 nitrogen and oxygen atoms in total. The Kier molecular flexibility index (Phi) is 3.21. The van der Waals surface area contributed by atoms with Gasteiger partial charge in [0.2, 0.25) is 0 Å². The van der Waals surface area contributed by atoms with E-state index in [-0.39, 0.29) is 6.04 Å². The van der Waals surface area contributed by atoms with Gasteiger partial charge in [-0.2, -0.15) is 0 Å². The fourth-order valence-electron chi connectivity index (χ4n) is 2.56. The van der Waals surface area contributed by atoms with Crippen molar-refractivity contribution >= 4 is 0 Å². The number of methoxy groups -OCH3 is 1. The van der Waals surface area contributed by atoms with Crippen LogP contribution in [0.15, 0.2) is 24.5 Å². The summed E-state index contributed by atoms with van der Waals surface area (Å²) in [6, 6.07) is 6.41. The predicted molar refractivity (Wildman–Crippen MR) is 72.6 cm³/mol. The van der Waals surface area contributed by atoms with Gasteiger partial charge < -0.3 is 10.1 Å². The number of benzene rings is 1. The van der Waals surface area contributed by atoms with Crippen LogP contribution in [0.4, 0.5) is 0 Å². The largest absolute Gasteiger partial charge is 0.495 e. The Morgan fingerprint density at radius 2 is 2.32 bits per heavy atom. The summed E-state index contributed by atoms with van der Waals surface area (Å²) in [5.41, 5.74) is 2.19. The summed E-state index contributed by atoms with van der Waals surface area (Å²) in [4.78, 5) is 0. The van der Waals surface area contributed by atoms with Crippen molar-refractivity contribution in [2.75, 3.05) is 13.7 Å². The maximum Gasteiger partial charge on any atom is 0.154 e. The number of nitrogens with zero attached hydrogens (tertiary/aromatic N) is 3. The Morgan fingerprint density at radius 3 is 3.05 bits per heavy atom. The summed E-state index contributed by atoms with van der Waals surface area (Å²) in [6.45, 7) is 3.11. The molecule has 0 amide bonds. The third kappa shape index (κ3) is 2.21. The van der Waals surface area contributed by atoms with E-state index in [0.717, 1.165) is 30.2 Å². The Bertz CT molecular complexity index is 573. The molecule has 19 heavy (non-hydrogen) atoms. The molecule has 1 saturated heterocycles. The molecule has 0 radical (unpaired) electrons. The molecule has 2 aromatic rings. The zero-order chi connectivity index (χ0) is 13.2. The molecule has 1 aliphatic rings. The van der Waals surface area contributed by atoms with Crippen molar-refractivity contribution < 1.29 is 4.74 Å². The van der Waals surface area contributed by atoms with Crippen LogP contribution < -0.4 is 10.1 Å². The Balaban J connectivity index is 2.07. The van der Waals surface area contributed by atoms with Gasteiger partial charge in [0, 0.05) is 0 Å². The van der Waals surface area contributed by atoms with Gasteiger partial charge in [0.15, 0.2) is 5.82 Å². The molecule has 1 atom stereocenters. The van der Waals surface area contributed by atoms with Crippen molar-refractivity contribution in [3.05, 3.63) is 35.9 Å². The van der Waals surface area contributed by atoms with Crippen LogP contribution in [-0.2, 0) is 0 Å². The van der Waals surface area contributed by atoms with E-state index < -0.39 is 0 Å². The van der Waals surface area contributed by atoms with Gasteiger partial charge in [0.25, 0.3) is 0 Å². The first-order valence-electron chi connectivity index (χ1n) is 6.58. The van der Waals surface area contributed by atoms with Gasteiger partial charge >= 0.3 is 0 Å². The van der Waals surface area contributed by atoms with E-state index in [1.165, 1.54) is 12.0 Å². The molecule has 0 saturated carbocycles. The SMILES string of the molecule is COc1ccc(C)cc1-n1cnnc1C1CCCN1. The highest BCUT2D eigenvalue weighted by molar-refractivity contribution is 5.49. The molecule has 0 aliphatic carbocycles. The van der Waals surface area contributed by atoms with Gasteiger partial charge in [-0.05, 0) is 44.0 Å². The molecule has 1 unspecified atom stereocenters. The molecular formula is C14H18N4O. The summed E-state index contributed by atoms with van der Waals surface area (Å²) in [5.74, 6) is 1.80. The highest BCUT2D eigenvalue weighted by atomic mass is 16.5. The van der Waals surface area contributed by atoms with Crippen LogP contribution in [0.5, 0.6) is 5.75 Å². The Labute approximate surface area is 112 Å². The second-order valence-electron chi connectivity index (χ2n) is 4.88. The molecule has 100 valence electrons. The zero-order valence-corrected chi connectivity index (χ0v) is 11.3. The predicted octanol–water partition coefficient (Wildman–Crippen LogP) is 2.01. The van der Waals surface area contributed by atoms with Gasteiger partial charge in [-0.3, -0.25) is 4.57 Å². The molecule has 1 aromatic heterocycles. The fourth-order valence-corrected chi connectivity index (χ4v) is 2.56. The van der Waals surface area contributed by atoms with Gasteiger partial charge in [-0.15, -0.1) is 10.2 Å². The quantitative estimate of drug-likeness (QED) is 0.915. The molecule has 3 rings (SSSR count). The standard InChI is InChI=1S/C14H18N4O/c1-10-5-6-13(19-2)12(8-10)18-9-16-17-14(18)11-4-3-7-15-11/h5-6,8-9,11,15H,3-4,7H2,1-2H3. The lowest BCUT2D eigenvalue weighted by Crippen LogP contribution is -2.17. The fraction of sp³-hybridized carbons (Fsp3) is 0.429. The maximum absolute atomic E-state index is 5.44. The van der Waals surface area contributed by atoms with Crippen LogP contribution in [0, 0.1) is 6.92 Å². The van der Waals surface area contributed by atoms with Gasteiger partial charge in [0.05, 0.1) is 18.8 Å². The first-order chi connectivity index (χ1) is 9.29. The Hall–Kier alpha value is -1.88. The smallest absolute Gasteiger partial charge is 0.154 e. The number of aryl methyl sites for hydroxylation is 1. The van der Waals surface area contributed by atoms with Crippen molar-refractivity contribution in [2.24, 2.45) is 0 Å². The topological polar surface area (TPSA) is 52.0 Å². The van der Waals surface area contributed by atoms with Crippen molar-refractivity contribution in [1.29, 1.82) is 0 Å². The third-order valence-electron chi connectivity index (χ3n) is 3.54. The molecule has 1 fully saturated rings. The molecular weight excluding hydrogens is 240 g/mol. The lowest BCUT2D eigenvalue weighted by Gasteiger charge is -2.15. The maximum atomic E-state index is 5.44. The van der Waals surface area contributed by atoms with Crippen molar-refractivity contribution in [3.63, 3.8) is 0 Å². The first kappa shape index (κ1) is 12.2. The first-order valence-corrected chi connectivity index (χ1v) is 6.58. The minimum absolute atomic E-state index is 0.285. The lowest BCUT2D eigenvalue weighted by molar-refractivity contribution is 0.412. The van der Waals surface area contributed by atoms with E-state index in [0.29, 0.717) is 0 Å². The van der Waals surface area contributed by atoms with Gasteiger partial charge in [-0.1, -0.05) is 6.07 Å². The van der Waals surface area contributed by atoms with Gasteiger partial charge in [-0.25, -0.2) is 0 Å². The second-order valence-corrected chi connectivity index (χ2v) is 4.88. The van der Waals surface area contributed by atoms with Crippen molar-refractivity contribution in [2.45, 2.75) is 25.8 Å². The van der Waals surface area contributed by atoms with E-state index in [2.05, 4.69) is 28.5 Å². The Morgan fingerprint density at radius 1 is 1.42 bits per heavy atom. The number of rotatable bonds is 3.